The molecular formula is C38H47N3O4. The van der Waals surface area contributed by atoms with Gasteiger partial charge in [0.2, 0.25) is 5.91 Å². The minimum absolute atomic E-state index is 0.00604. The molecule has 2 unspecified atom stereocenters. The first kappa shape index (κ1) is 32.4. The molecule has 0 bridgehead atoms. The summed E-state index contributed by atoms with van der Waals surface area (Å²) in [4.78, 5) is 44.8. The van der Waals surface area contributed by atoms with Crippen LogP contribution in [0.1, 0.15) is 79.5 Å². The zero-order chi connectivity index (χ0) is 32.0. The minimum atomic E-state index is -0.872. The Morgan fingerprint density at radius 1 is 0.889 bits per heavy atom. The quantitative estimate of drug-likeness (QED) is 0.242. The molecule has 2 fully saturated rings. The van der Waals surface area contributed by atoms with Crippen LogP contribution in [0.15, 0.2) is 78.9 Å². The number of rotatable bonds is 12. The minimum Gasteiger partial charge on any atom is -0.488 e. The van der Waals surface area contributed by atoms with Crippen molar-refractivity contribution >= 4 is 17.6 Å². The van der Waals surface area contributed by atoms with Crippen molar-refractivity contribution in [1.29, 1.82) is 0 Å². The molecule has 0 spiro atoms. The second-order valence-electron chi connectivity index (χ2n) is 12.6. The van der Waals surface area contributed by atoms with Gasteiger partial charge in [0.25, 0.3) is 5.91 Å². The average Bonchev–Trinajstić information content (AvgIpc) is 3.06. The monoisotopic (exact) mass is 609 g/mol. The number of piperazine rings is 1. The zero-order valence-electron chi connectivity index (χ0n) is 27.1. The highest BCUT2D eigenvalue weighted by atomic mass is 16.5. The number of carbonyl (C=O) groups is 3. The van der Waals surface area contributed by atoms with Crippen LogP contribution >= 0.6 is 0 Å². The number of ether oxygens (including phenoxy) is 1. The summed E-state index contributed by atoms with van der Waals surface area (Å²) in [6, 6.07) is 25.6. The summed E-state index contributed by atoms with van der Waals surface area (Å²) in [6.07, 6.45) is 2.31. The van der Waals surface area contributed by atoms with Crippen molar-refractivity contribution in [3.63, 3.8) is 0 Å². The Hall–Kier alpha value is -3.97. The second-order valence-corrected chi connectivity index (χ2v) is 12.6. The molecule has 238 valence electrons. The highest BCUT2D eigenvalue weighted by molar-refractivity contribution is 6.10. The smallest absolute Gasteiger partial charge is 0.253 e. The number of nitrogens with zero attached hydrogens (tertiary/aromatic N) is 2. The van der Waals surface area contributed by atoms with Crippen LogP contribution in [-0.4, -0.2) is 59.7 Å². The SMILES string of the molecule is CCCC(NC(=O)C1C(=O)C(CC)(CC)[C@@H]1Oc1ccc(C(=O)N2CCN(Cc3ccccc3)CC2)cc1)c1ccc(C)cc1. The van der Waals surface area contributed by atoms with Crippen LogP contribution in [0.3, 0.4) is 0 Å². The summed E-state index contributed by atoms with van der Waals surface area (Å²) in [7, 11) is 0. The van der Waals surface area contributed by atoms with Gasteiger partial charge in [0.1, 0.15) is 17.8 Å². The molecule has 45 heavy (non-hydrogen) atoms. The molecule has 1 saturated carbocycles. The van der Waals surface area contributed by atoms with E-state index in [0.717, 1.165) is 43.6 Å². The second kappa shape index (κ2) is 14.4. The molecule has 7 nitrogen and oxygen atoms in total. The topological polar surface area (TPSA) is 78.9 Å². The predicted octanol–water partition coefficient (Wildman–Crippen LogP) is 6.36. The van der Waals surface area contributed by atoms with Gasteiger partial charge >= 0.3 is 0 Å². The highest BCUT2D eigenvalue weighted by Crippen LogP contribution is 2.50. The van der Waals surface area contributed by atoms with E-state index < -0.39 is 17.4 Å². The van der Waals surface area contributed by atoms with Crippen LogP contribution in [0.2, 0.25) is 0 Å². The van der Waals surface area contributed by atoms with E-state index in [0.29, 0.717) is 37.2 Å². The number of Topliss-reactive ketones (excluding diaryl/α,β-unsaturated/α-hetero) is 1. The maximum Gasteiger partial charge on any atom is 0.253 e. The number of hydrogen-bond donors (Lipinski definition) is 1. The number of amides is 2. The van der Waals surface area contributed by atoms with Crippen LogP contribution in [0.5, 0.6) is 5.75 Å². The molecule has 7 heteroatoms. The lowest BCUT2D eigenvalue weighted by molar-refractivity contribution is -0.173. The summed E-state index contributed by atoms with van der Waals surface area (Å²) in [5.74, 6) is -0.633. The number of carbonyl (C=O) groups excluding carboxylic acids is 3. The van der Waals surface area contributed by atoms with Gasteiger partial charge in [0.05, 0.1) is 11.5 Å². The van der Waals surface area contributed by atoms with E-state index in [1.165, 1.54) is 5.56 Å². The first-order chi connectivity index (χ1) is 21.8. The van der Waals surface area contributed by atoms with Crippen molar-refractivity contribution in [2.75, 3.05) is 26.2 Å². The number of benzene rings is 3. The van der Waals surface area contributed by atoms with Crippen LogP contribution in [-0.2, 0) is 16.1 Å². The Labute approximate surface area is 268 Å². The Balaban J connectivity index is 1.23. The van der Waals surface area contributed by atoms with E-state index in [1.807, 2.05) is 56.0 Å². The molecule has 1 aliphatic carbocycles. The van der Waals surface area contributed by atoms with Crippen LogP contribution in [0, 0.1) is 18.3 Å². The van der Waals surface area contributed by atoms with E-state index in [-0.39, 0.29) is 23.6 Å². The summed E-state index contributed by atoms with van der Waals surface area (Å²) < 4.78 is 6.45. The van der Waals surface area contributed by atoms with Gasteiger partial charge in [-0.25, -0.2) is 0 Å². The lowest BCUT2D eigenvalue weighted by atomic mass is 9.55. The van der Waals surface area contributed by atoms with Gasteiger partial charge in [-0.05, 0) is 61.6 Å². The van der Waals surface area contributed by atoms with E-state index in [9.17, 15) is 14.4 Å². The maximum atomic E-state index is 13.7. The third kappa shape index (κ3) is 6.99. The van der Waals surface area contributed by atoms with Crippen molar-refractivity contribution in [1.82, 2.24) is 15.1 Å². The largest absolute Gasteiger partial charge is 0.488 e. The fourth-order valence-electron chi connectivity index (χ4n) is 6.88. The van der Waals surface area contributed by atoms with Gasteiger partial charge in [0, 0.05) is 38.3 Å². The maximum absolute atomic E-state index is 13.7. The summed E-state index contributed by atoms with van der Waals surface area (Å²) in [6.45, 7) is 12.0. The van der Waals surface area contributed by atoms with Crippen LogP contribution in [0.25, 0.3) is 0 Å². The number of ketones is 1. The molecule has 1 N–H and O–H groups in total. The van der Waals surface area contributed by atoms with E-state index in [1.54, 1.807) is 24.3 Å². The summed E-state index contributed by atoms with van der Waals surface area (Å²) in [5.41, 5.74) is 3.38. The number of nitrogens with one attached hydrogen (secondary N) is 1. The molecule has 5 rings (SSSR count). The van der Waals surface area contributed by atoms with E-state index >= 15 is 0 Å². The lowest BCUT2D eigenvalue weighted by Gasteiger charge is -2.51. The Morgan fingerprint density at radius 2 is 1.53 bits per heavy atom. The highest BCUT2D eigenvalue weighted by Gasteiger charge is 2.64. The fraction of sp³-hybridized carbons (Fsp3) is 0.447. The summed E-state index contributed by atoms with van der Waals surface area (Å²) in [5, 5.41) is 3.17. The fourth-order valence-corrected chi connectivity index (χ4v) is 6.88. The van der Waals surface area contributed by atoms with Gasteiger partial charge in [-0.2, -0.15) is 0 Å². The Morgan fingerprint density at radius 3 is 2.13 bits per heavy atom. The molecular weight excluding hydrogens is 562 g/mol. The molecule has 0 aromatic heterocycles. The zero-order valence-corrected chi connectivity index (χ0v) is 27.1. The molecule has 3 atom stereocenters. The molecule has 2 aliphatic rings. The van der Waals surface area contributed by atoms with Gasteiger partial charge < -0.3 is 15.0 Å². The van der Waals surface area contributed by atoms with Crippen molar-refractivity contribution < 1.29 is 19.1 Å². The van der Waals surface area contributed by atoms with Crippen molar-refractivity contribution in [2.24, 2.45) is 11.3 Å². The van der Waals surface area contributed by atoms with Gasteiger partial charge in [0.15, 0.2) is 5.78 Å². The normalized spacial score (nSPS) is 20.3. The predicted molar refractivity (Wildman–Crippen MR) is 177 cm³/mol. The third-order valence-electron chi connectivity index (χ3n) is 9.81. The first-order valence-electron chi connectivity index (χ1n) is 16.5. The molecule has 1 saturated heterocycles. The third-order valence-corrected chi connectivity index (χ3v) is 9.81. The van der Waals surface area contributed by atoms with E-state index in [2.05, 4.69) is 41.4 Å². The Bertz CT molecular complexity index is 1440. The number of aryl methyl sites for hydroxylation is 1. The van der Waals surface area contributed by atoms with Crippen LogP contribution < -0.4 is 10.1 Å². The first-order valence-corrected chi connectivity index (χ1v) is 16.5. The van der Waals surface area contributed by atoms with Crippen molar-refractivity contribution in [3.05, 3.63) is 101 Å². The molecule has 2 amide bonds. The van der Waals surface area contributed by atoms with Gasteiger partial charge in [-0.1, -0.05) is 87.4 Å². The van der Waals surface area contributed by atoms with Crippen molar-refractivity contribution in [3.8, 4) is 5.75 Å². The summed E-state index contributed by atoms with van der Waals surface area (Å²) >= 11 is 0. The van der Waals surface area contributed by atoms with Gasteiger partial charge in [-0.15, -0.1) is 0 Å². The average molecular weight is 610 g/mol. The van der Waals surface area contributed by atoms with Crippen LogP contribution in [0.4, 0.5) is 0 Å². The van der Waals surface area contributed by atoms with E-state index in [4.69, 9.17) is 4.74 Å². The molecule has 1 heterocycles. The van der Waals surface area contributed by atoms with Gasteiger partial charge in [-0.3, -0.25) is 19.3 Å². The molecule has 3 aromatic rings. The molecule has 0 radical (unpaired) electrons. The Kier molecular flexibility index (Phi) is 10.4. The standard InChI is InChI=1S/C38H47N3O4/c1-5-11-32(29-16-14-27(4)15-17-29)39-36(43)33-34(42)38(6-2,7-3)35(33)45-31-20-18-30(19-21-31)37(44)41-24-22-40(23-25-41)26-28-12-9-8-10-13-28/h8-10,12-21,32-33,35H,5-7,11,22-26H2,1-4H3,(H,39,43)/t32?,33?,35-/m1/s1. The number of hydrogen-bond acceptors (Lipinski definition) is 5. The molecule has 3 aromatic carbocycles. The lowest BCUT2D eigenvalue weighted by Crippen LogP contribution is -2.68. The van der Waals surface area contributed by atoms with Crippen molar-refractivity contribution in [2.45, 2.75) is 72.1 Å². The molecule has 1 aliphatic heterocycles.